The van der Waals surface area contributed by atoms with Crippen LogP contribution in [0.3, 0.4) is 0 Å². The van der Waals surface area contributed by atoms with Gasteiger partial charge < -0.3 is 25.7 Å². The Morgan fingerprint density at radius 2 is 1.71 bits per heavy atom. The third-order valence-electron chi connectivity index (χ3n) is 2.63. The second-order valence-electron chi connectivity index (χ2n) is 3.86. The van der Waals surface area contributed by atoms with E-state index in [0.717, 1.165) is 6.07 Å². The topological polar surface area (TPSA) is 93.0 Å². The van der Waals surface area contributed by atoms with E-state index in [4.69, 9.17) is 15.3 Å². The SMILES string of the molecule is OCC(CO)(CO)NCc1cccc(F)c1O. The van der Waals surface area contributed by atoms with Gasteiger partial charge in [-0.25, -0.2) is 4.39 Å². The van der Waals surface area contributed by atoms with Crippen molar-refractivity contribution < 1.29 is 24.8 Å². The number of phenolic OH excluding ortho intramolecular Hbond substituents is 1. The molecule has 17 heavy (non-hydrogen) atoms. The van der Waals surface area contributed by atoms with E-state index in [9.17, 15) is 9.50 Å². The third kappa shape index (κ3) is 3.13. The first kappa shape index (κ1) is 13.9. The number of nitrogens with one attached hydrogen (secondary N) is 1. The summed E-state index contributed by atoms with van der Waals surface area (Å²) in [7, 11) is 0. The zero-order valence-electron chi connectivity index (χ0n) is 9.23. The lowest BCUT2D eigenvalue weighted by molar-refractivity contribution is 0.0412. The minimum absolute atomic E-state index is 0.0191. The lowest BCUT2D eigenvalue weighted by atomic mass is 10.0. The Bertz CT molecular complexity index is 360. The second-order valence-corrected chi connectivity index (χ2v) is 3.86. The zero-order chi connectivity index (χ0) is 12.9. The number of hydrogen-bond acceptors (Lipinski definition) is 5. The average molecular weight is 245 g/mol. The Labute approximate surface area is 98.1 Å². The number of phenols is 1. The predicted molar refractivity (Wildman–Crippen MR) is 58.9 cm³/mol. The molecule has 0 aromatic heterocycles. The highest BCUT2D eigenvalue weighted by Gasteiger charge is 2.27. The molecule has 5 nitrogen and oxygen atoms in total. The lowest BCUT2D eigenvalue weighted by Crippen LogP contribution is -2.54. The van der Waals surface area contributed by atoms with Gasteiger partial charge in [0.05, 0.1) is 25.4 Å². The van der Waals surface area contributed by atoms with Crippen LogP contribution in [0.5, 0.6) is 5.75 Å². The molecule has 1 aromatic carbocycles. The highest BCUT2D eigenvalue weighted by molar-refractivity contribution is 5.33. The molecule has 0 saturated carbocycles. The van der Waals surface area contributed by atoms with Gasteiger partial charge in [0.15, 0.2) is 11.6 Å². The van der Waals surface area contributed by atoms with Gasteiger partial charge in [-0.05, 0) is 6.07 Å². The predicted octanol–water partition coefficient (Wildman–Crippen LogP) is -0.663. The molecule has 0 heterocycles. The summed E-state index contributed by atoms with van der Waals surface area (Å²) in [4.78, 5) is 0. The maximum Gasteiger partial charge on any atom is 0.165 e. The van der Waals surface area contributed by atoms with E-state index < -0.39 is 36.9 Å². The van der Waals surface area contributed by atoms with Crippen molar-refractivity contribution in [1.29, 1.82) is 0 Å². The van der Waals surface area contributed by atoms with Crippen molar-refractivity contribution in [3.8, 4) is 5.75 Å². The second kappa shape index (κ2) is 5.92. The van der Waals surface area contributed by atoms with Crippen molar-refractivity contribution in [2.45, 2.75) is 12.1 Å². The fraction of sp³-hybridized carbons (Fsp3) is 0.455. The molecule has 0 aliphatic heterocycles. The lowest BCUT2D eigenvalue weighted by Gasteiger charge is -2.29. The Morgan fingerprint density at radius 3 is 2.24 bits per heavy atom. The summed E-state index contributed by atoms with van der Waals surface area (Å²) in [6.45, 7) is -1.41. The monoisotopic (exact) mass is 245 g/mol. The third-order valence-corrected chi connectivity index (χ3v) is 2.63. The zero-order valence-corrected chi connectivity index (χ0v) is 9.23. The van der Waals surface area contributed by atoms with E-state index in [0.29, 0.717) is 0 Å². The highest BCUT2D eigenvalue weighted by Crippen LogP contribution is 2.21. The van der Waals surface area contributed by atoms with Crippen LogP contribution in [0.15, 0.2) is 18.2 Å². The largest absolute Gasteiger partial charge is 0.505 e. The van der Waals surface area contributed by atoms with E-state index in [1.54, 1.807) is 0 Å². The molecular weight excluding hydrogens is 229 g/mol. The summed E-state index contributed by atoms with van der Waals surface area (Å²) in [5.41, 5.74) is -0.969. The van der Waals surface area contributed by atoms with Crippen LogP contribution >= 0.6 is 0 Å². The van der Waals surface area contributed by atoms with Crippen molar-refractivity contribution in [3.63, 3.8) is 0 Å². The van der Waals surface area contributed by atoms with Gasteiger partial charge in [-0.3, -0.25) is 0 Å². The molecule has 0 amide bonds. The number of hydrogen-bond donors (Lipinski definition) is 5. The Morgan fingerprint density at radius 1 is 1.12 bits per heavy atom. The van der Waals surface area contributed by atoms with E-state index in [1.807, 2.05) is 0 Å². The summed E-state index contributed by atoms with van der Waals surface area (Å²) < 4.78 is 13.0. The van der Waals surface area contributed by atoms with E-state index >= 15 is 0 Å². The first-order valence-electron chi connectivity index (χ1n) is 5.12. The highest BCUT2D eigenvalue weighted by atomic mass is 19.1. The van der Waals surface area contributed by atoms with Crippen LogP contribution < -0.4 is 5.32 Å². The molecule has 0 atom stereocenters. The molecule has 0 unspecified atom stereocenters. The van der Waals surface area contributed by atoms with Crippen LogP contribution in [0.2, 0.25) is 0 Å². The molecule has 5 N–H and O–H groups in total. The molecule has 0 bridgehead atoms. The van der Waals surface area contributed by atoms with Crippen LogP contribution in [0, 0.1) is 5.82 Å². The molecule has 96 valence electrons. The number of rotatable bonds is 6. The Kier molecular flexibility index (Phi) is 4.83. The van der Waals surface area contributed by atoms with Crippen molar-refractivity contribution in [2.75, 3.05) is 19.8 Å². The van der Waals surface area contributed by atoms with Gasteiger partial charge in [0.2, 0.25) is 0 Å². The van der Waals surface area contributed by atoms with Crippen molar-refractivity contribution >= 4 is 0 Å². The molecule has 1 rings (SSSR count). The van der Waals surface area contributed by atoms with Gasteiger partial charge in [0, 0.05) is 12.1 Å². The minimum atomic E-state index is -1.25. The van der Waals surface area contributed by atoms with Gasteiger partial charge >= 0.3 is 0 Å². The number of halogens is 1. The van der Waals surface area contributed by atoms with Crippen LogP contribution in [0.1, 0.15) is 5.56 Å². The Hall–Kier alpha value is -1.21. The van der Waals surface area contributed by atoms with E-state index in [-0.39, 0.29) is 12.1 Å². The fourth-order valence-corrected chi connectivity index (χ4v) is 1.30. The van der Waals surface area contributed by atoms with Crippen molar-refractivity contribution in [3.05, 3.63) is 29.6 Å². The molecule has 0 spiro atoms. The number of benzene rings is 1. The molecule has 0 fully saturated rings. The van der Waals surface area contributed by atoms with Crippen LogP contribution in [0.4, 0.5) is 4.39 Å². The molecule has 0 aliphatic rings. The van der Waals surface area contributed by atoms with Crippen molar-refractivity contribution in [1.82, 2.24) is 5.32 Å². The standard InChI is InChI=1S/C11H16FNO4/c12-9-3-1-2-8(10(9)17)4-13-11(5-14,6-15)7-16/h1-3,13-17H,4-7H2. The normalized spacial score (nSPS) is 11.8. The van der Waals surface area contributed by atoms with Crippen LogP contribution in [-0.4, -0.2) is 45.8 Å². The number of para-hydroxylation sites is 1. The summed E-state index contributed by atoms with van der Waals surface area (Å²) in [5, 5.41) is 39.3. The number of aliphatic hydroxyl groups excluding tert-OH is 3. The van der Waals surface area contributed by atoms with Gasteiger partial charge in [-0.2, -0.15) is 0 Å². The van der Waals surface area contributed by atoms with Crippen molar-refractivity contribution in [2.24, 2.45) is 0 Å². The number of aliphatic hydroxyl groups is 3. The van der Waals surface area contributed by atoms with Gasteiger partial charge in [-0.1, -0.05) is 12.1 Å². The smallest absolute Gasteiger partial charge is 0.165 e. The molecule has 1 aromatic rings. The van der Waals surface area contributed by atoms with Crippen LogP contribution in [0.25, 0.3) is 0 Å². The fourth-order valence-electron chi connectivity index (χ4n) is 1.30. The summed E-state index contributed by atoms with van der Waals surface area (Å²) >= 11 is 0. The Balaban J connectivity index is 2.75. The first-order chi connectivity index (χ1) is 8.08. The molecule has 0 radical (unpaired) electrons. The first-order valence-corrected chi connectivity index (χ1v) is 5.12. The van der Waals surface area contributed by atoms with Gasteiger partial charge in [-0.15, -0.1) is 0 Å². The van der Waals surface area contributed by atoms with E-state index in [2.05, 4.69) is 5.32 Å². The minimum Gasteiger partial charge on any atom is -0.505 e. The van der Waals surface area contributed by atoms with E-state index in [1.165, 1.54) is 12.1 Å². The number of aromatic hydroxyl groups is 1. The summed E-state index contributed by atoms with van der Waals surface area (Å²) in [6, 6.07) is 4.06. The van der Waals surface area contributed by atoms with Gasteiger partial charge in [0.25, 0.3) is 0 Å². The molecular formula is C11H16FNO4. The molecule has 0 aliphatic carbocycles. The summed E-state index contributed by atoms with van der Waals surface area (Å²) in [5.74, 6) is -1.23. The maximum absolute atomic E-state index is 13.0. The molecule has 6 heteroatoms. The summed E-state index contributed by atoms with van der Waals surface area (Å²) in [6.07, 6.45) is 0. The quantitative estimate of drug-likeness (QED) is 0.458. The maximum atomic E-state index is 13.0. The molecule has 0 saturated heterocycles. The average Bonchev–Trinajstić information content (AvgIpc) is 2.36. The van der Waals surface area contributed by atoms with Gasteiger partial charge in [0.1, 0.15) is 0 Å². The van der Waals surface area contributed by atoms with Crippen LogP contribution in [-0.2, 0) is 6.54 Å².